The predicted molar refractivity (Wildman–Crippen MR) is 99.0 cm³/mol. The van der Waals surface area contributed by atoms with Gasteiger partial charge in [0.05, 0.1) is 32.4 Å². The van der Waals surface area contributed by atoms with Gasteiger partial charge in [0, 0.05) is 13.3 Å². The van der Waals surface area contributed by atoms with Gasteiger partial charge in [0.25, 0.3) is 5.88 Å². The van der Waals surface area contributed by atoms with E-state index in [-0.39, 0.29) is 29.1 Å². The minimum absolute atomic E-state index is 0.00428. The van der Waals surface area contributed by atoms with Crippen LogP contribution in [0.25, 0.3) is 11.6 Å². The van der Waals surface area contributed by atoms with Crippen molar-refractivity contribution in [2.75, 3.05) is 14.2 Å². The molecular weight excluding hydrogens is 400 g/mol. The number of rotatable bonds is 9. The van der Waals surface area contributed by atoms with Crippen molar-refractivity contribution in [1.29, 1.82) is 0 Å². The molecule has 1 amide bonds. The number of carbonyl (C=O) groups is 3. The lowest BCUT2D eigenvalue weighted by Crippen LogP contribution is -2.62. The van der Waals surface area contributed by atoms with Crippen LogP contribution in [0.3, 0.4) is 0 Å². The van der Waals surface area contributed by atoms with Crippen LogP contribution in [-0.2, 0) is 36.8 Å². The summed E-state index contributed by atoms with van der Waals surface area (Å²) in [7, 11) is 2.16. The number of nitrogens with one attached hydrogen (secondary N) is 1. The minimum atomic E-state index is -2.22. The largest absolute Gasteiger partial charge is 0.473 e. The molecule has 0 saturated carbocycles. The van der Waals surface area contributed by atoms with Gasteiger partial charge in [-0.2, -0.15) is 4.80 Å². The molecule has 2 heterocycles. The molecule has 13 heteroatoms. The van der Waals surface area contributed by atoms with Gasteiger partial charge in [0.15, 0.2) is 0 Å². The molecule has 0 atom stereocenters. The van der Waals surface area contributed by atoms with Crippen molar-refractivity contribution in [3.05, 3.63) is 5.56 Å². The molecule has 30 heavy (non-hydrogen) atoms. The van der Waals surface area contributed by atoms with Gasteiger partial charge in [-0.05, 0) is 31.1 Å². The number of aryl methyl sites for hydroxylation is 1. The van der Waals surface area contributed by atoms with Gasteiger partial charge in [-0.3, -0.25) is 4.79 Å². The third kappa shape index (κ3) is 4.55. The molecule has 0 saturated heterocycles. The average Bonchev–Trinajstić information content (AvgIpc) is 3.32. The van der Waals surface area contributed by atoms with Gasteiger partial charge in [-0.25, -0.2) is 9.59 Å². The maximum atomic E-state index is 12.7. The van der Waals surface area contributed by atoms with E-state index in [0.29, 0.717) is 6.54 Å². The van der Waals surface area contributed by atoms with E-state index in [0.717, 1.165) is 21.1 Å². The van der Waals surface area contributed by atoms with Crippen LogP contribution in [0.4, 0.5) is 0 Å². The number of hydrogen-bond acceptors (Lipinski definition) is 11. The molecule has 2 rings (SSSR count). The monoisotopic (exact) mass is 424 g/mol. The number of amides is 1. The van der Waals surface area contributed by atoms with Gasteiger partial charge in [0.2, 0.25) is 23.0 Å². The third-order valence-corrected chi connectivity index (χ3v) is 3.94. The van der Waals surface area contributed by atoms with E-state index in [1.54, 1.807) is 13.8 Å². The molecule has 164 valence electrons. The number of tetrazole rings is 1. The molecule has 0 aromatic carbocycles. The predicted octanol–water partition coefficient (Wildman–Crippen LogP) is -0.101. The molecule has 0 unspecified atom stereocenters. The topological polar surface area (TPSA) is 161 Å². The van der Waals surface area contributed by atoms with Crippen LogP contribution in [0.15, 0.2) is 4.52 Å². The second-order valence-electron chi connectivity index (χ2n) is 6.51. The van der Waals surface area contributed by atoms with E-state index >= 15 is 0 Å². The summed E-state index contributed by atoms with van der Waals surface area (Å²) in [5.74, 6) is -2.67. The number of ether oxygens (including phenoxy) is 3. The molecule has 0 aliphatic carbocycles. The number of esters is 2. The molecule has 0 aliphatic rings. The Hall–Kier alpha value is -3.51. The highest BCUT2D eigenvalue weighted by Crippen LogP contribution is 2.33. The van der Waals surface area contributed by atoms with E-state index in [2.05, 4.69) is 25.9 Å². The van der Waals surface area contributed by atoms with Crippen molar-refractivity contribution in [3.63, 3.8) is 0 Å². The first-order chi connectivity index (χ1) is 14.2. The Bertz CT molecular complexity index is 904. The number of carbonyl (C=O) groups excluding carboxylic acids is 3. The number of hydrogen-bond donors (Lipinski definition) is 1. The fourth-order valence-corrected chi connectivity index (χ4v) is 2.70. The highest BCUT2D eigenvalue weighted by Gasteiger charge is 2.51. The Morgan fingerprint density at radius 3 is 2.30 bits per heavy atom. The molecule has 0 fully saturated rings. The van der Waals surface area contributed by atoms with Gasteiger partial charge < -0.3 is 24.1 Å². The summed E-state index contributed by atoms with van der Waals surface area (Å²) in [4.78, 5) is 38.5. The molecule has 2 aromatic rings. The number of aromatic nitrogens is 5. The summed E-state index contributed by atoms with van der Waals surface area (Å²) in [5, 5.41) is 18.1. The highest BCUT2D eigenvalue weighted by molar-refractivity contribution is 6.08. The van der Waals surface area contributed by atoms with Crippen molar-refractivity contribution < 1.29 is 33.1 Å². The van der Waals surface area contributed by atoms with Gasteiger partial charge in [0.1, 0.15) is 0 Å². The molecule has 2 aromatic heterocycles. The molecule has 0 radical (unpaired) electrons. The molecule has 0 aliphatic heterocycles. The third-order valence-electron chi connectivity index (χ3n) is 3.94. The van der Waals surface area contributed by atoms with Crippen molar-refractivity contribution in [2.24, 2.45) is 0 Å². The summed E-state index contributed by atoms with van der Waals surface area (Å²) in [5.41, 5.74) is -2.06. The van der Waals surface area contributed by atoms with Gasteiger partial charge >= 0.3 is 11.9 Å². The first kappa shape index (κ1) is 22.8. The molecular formula is C17H24N6O7. The molecule has 0 spiro atoms. The zero-order valence-electron chi connectivity index (χ0n) is 17.6. The average molecular weight is 424 g/mol. The maximum absolute atomic E-state index is 12.7. The van der Waals surface area contributed by atoms with Crippen LogP contribution in [0.5, 0.6) is 5.88 Å². The SMILES string of the molecule is CCn1nnc(-c2onc(OC(C)C)c2CC(NC(C)=O)(C(=O)OC)C(=O)OC)n1. The number of nitrogens with zero attached hydrogens (tertiary/aromatic N) is 5. The standard InChI is InChI=1S/C17H24N6O7/c1-7-23-20-13(19-22-23)12-11(14(21-30-12)29-9(2)3)8-17(15(25)27-5,16(26)28-6)18-10(4)24/h9H,7-8H2,1-6H3,(H,18,24). The van der Waals surface area contributed by atoms with Crippen LogP contribution in [0, 0.1) is 0 Å². The zero-order chi connectivity index (χ0) is 22.5. The zero-order valence-corrected chi connectivity index (χ0v) is 17.6. The van der Waals surface area contributed by atoms with Crippen LogP contribution >= 0.6 is 0 Å². The van der Waals surface area contributed by atoms with Crippen LogP contribution in [-0.4, -0.2) is 69.1 Å². The second kappa shape index (κ2) is 9.33. The second-order valence-corrected chi connectivity index (χ2v) is 6.51. The Kier molecular flexibility index (Phi) is 7.08. The quantitative estimate of drug-likeness (QED) is 0.422. The Morgan fingerprint density at radius 1 is 1.20 bits per heavy atom. The van der Waals surface area contributed by atoms with E-state index in [4.69, 9.17) is 18.7 Å². The van der Waals surface area contributed by atoms with Crippen molar-refractivity contribution in [2.45, 2.75) is 52.3 Å². The summed E-state index contributed by atoms with van der Waals surface area (Å²) >= 11 is 0. The van der Waals surface area contributed by atoms with Crippen LogP contribution in [0.2, 0.25) is 0 Å². The first-order valence-electron chi connectivity index (χ1n) is 9.07. The number of methoxy groups -OCH3 is 2. The van der Waals surface area contributed by atoms with Crippen LogP contribution in [0.1, 0.15) is 33.3 Å². The lowest BCUT2D eigenvalue weighted by molar-refractivity contribution is -0.165. The van der Waals surface area contributed by atoms with E-state index < -0.39 is 29.8 Å². The lowest BCUT2D eigenvalue weighted by Gasteiger charge is -2.28. The van der Waals surface area contributed by atoms with Gasteiger partial charge in [-0.1, -0.05) is 0 Å². The Morgan fingerprint density at radius 2 is 1.83 bits per heavy atom. The Balaban J connectivity index is 2.67. The lowest BCUT2D eigenvalue weighted by atomic mass is 9.90. The van der Waals surface area contributed by atoms with Crippen molar-refractivity contribution in [1.82, 2.24) is 30.7 Å². The van der Waals surface area contributed by atoms with E-state index in [1.165, 1.54) is 4.80 Å². The first-order valence-corrected chi connectivity index (χ1v) is 9.07. The smallest absolute Gasteiger partial charge is 0.343 e. The fourth-order valence-electron chi connectivity index (χ4n) is 2.70. The molecule has 1 N–H and O–H groups in total. The summed E-state index contributed by atoms with van der Waals surface area (Å²) in [6.45, 7) is 6.92. The van der Waals surface area contributed by atoms with E-state index in [1.807, 2.05) is 6.92 Å². The summed E-state index contributed by atoms with van der Waals surface area (Å²) < 4.78 is 20.6. The summed E-state index contributed by atoms with van der Waals surface area (Å²) in [6.07, 6.45) is -0.764. The van der Waals surface area contributed by atoms with Crippen molar-refractivity contribution >= 4 is 17.8 Å². The maximum Gasteiger partial charge on any atom is 0.343 e. The fraction of sp³-hybridized carbons (Fsp3) is 0.588. The highest BCUT2D eigenvalue weighted by atomic mass is 16.6. The van der Waals surface area contributed by atoms with Crippen LogP contribution < -0.4 is 10.1 Å². The molecule has 13 nitrogen and oxygen atoms in total. The Labute approximate surface area is 172 Å². The van der Waals surface area contributed by atoms with E-state index in [9.17, 15) is 14.4 Å². The van der Waals surface area contributed by atoms with Crippen molar-refractivity contribution in [3.8, 4) is 17.5 Å². The molecule has 0 bridgehead atoms. The normalized spacial score (nSPS) is 11.3. The minimum Gasteiger partial charge on any atom is -0.473 e. The summed E-state index contributed by atoms with van der Waals surface area (Å²) in [6, 6.07) is 0. The van der Waals surface area contributed by atoms with Gasteiger partial charge in [-0.15, -0.1) is 10.2 Å².